The third kappa shape index (κ3) is 3.38. The largest absolute Gasteiger partial charge is 0.507 e. The Morgan fingerprint density at radius 3 is 1.91 bits per heavy atom. The number of benzene rings is 1. The first-order chi connectivity index (χ1) is 10.6. The summed E-state index contributed by atoms with van der Waals surface area (Å²) in [5, 5.41) is 23.5. The van der Waals surface area contributed by atoms with E-state index in [0.717, 1.165) is 11.1 Å². The van der Waals surface area contributed by atoms with Gasteiger partial charge in [0.05, 0.1) is 6.20 Å². The number of oxazole rings is 1. The first-order valence-corrected chi connectivity index (χ1v) is 7.56. The van der Waals surface area contributed by atoms with Crippen LogP contribution in [0.5, 0.6) is 5.75 Å². The molecule has 1 heterocycles. The molecule has 0 spiro atoms. The van der Waals surface area contributed by atoms with E-state index >= 15 is 0 Å². The van der Waals surface area contributed by atoms with Crippen LogP contribution in [0, 0.1) is 0 Å². The highest BCUT2D eigenvalue weighted by Gasteiger charge is 2.28. The highest BCUT2D eigenvalue weighted by molar-refractivity contribution is 6.10. The minimum Gasteiger partial charge on any atom is -0.507 e. The molecule has 2 aromatic rings. The zero-order valence-corrected chi connectivity index (χ0v) is 14.5. The second-order valence-electron chi connectivity index (χ2n) is 7.71. The van der Waals surface area contributed by atoms with Crippen LogP contribution in [-0.4, -0.2) is 21.0 Å². The SMILES string of the molecule is CC(C)(C)c1cc(C(=NO)c2ncco2)cc(C(C)(C)C)c1O. The number of phenolic OH excluding ortho intramolecular Hbond substituents is 1. The smallest absolute Gasteiger partial charge is 0.249 e. The summed E-state index contributed by atoms with van der Waals surface area (Å²) in [6.07, 6.45) is 2.92. The van der Waals surface area contributed by atoms with Gasteiger partial charge in [0.2, 0.25) is 5.89 Å². The van der Waals surface area contributed by atoms with Crippen molar-refractivity contribution in [1.82, 2.24) is 4.98 Å². The van der Waals surface area contributed by atoms with Gasteiger partial charge in [-0.05, 0) is 23.0 Å². The van der Waals surface area contributed by atoms with Crippen molar-refractivity contribution in [3.63, 3.8) is 0 Å². The van der Waals surface area contributed by atoms with E-state index in [-0.39, 0.29) is 28.2 Å². The van der Waals surface area contributed by atoms with Gasteiger partial charge in [-0.25, -0.2) is 4.98 Å². The van der Waals surface area contributed by atoms with E-state index in [9.17, 15) is 10.3 Å². The molecule has 23 heavy (non-hydrogen) atoms. The molecule has 2 N–H and O–H groups in total. The third-order valence-electron chi connectivity index (χ3n) is 3.73. The van der Waals surface area contributed by atoms with E-state index < -0.39 is 0 Å². The molecule has 0 bridgehead atoms. The molecule has 0 fully saturated rings. The Bertz CT molecular complexity index is 683. The van der Waals surface area contributed by atoms with Gasteiger partial charge in [-0.2, -0.15) is 0 Å². The molecule has 1 aromatic carbocycles. The highest BCUT2D eigenvalue weighted by atomic mass is 16.4. The number of nitrogens with zero attached hydrogens (tertiary/aromatic N) is 2. The van der Waals surface area contributed by atoms with Crippen molar-refractivity contribution in [3.8, 4) is 5.75 Å². The van der Waals surface area contributed by atoms with Crippen LogP contribution in [0.15, 0.2) is 34.2 Å². The minimum absolute atomic E-state index is 0.234. The summed E-state index contributed by atoms with van der Waals surface area (Å²) >= 11 is 0. The van der Waals surface area contributed by atoms with Crippen LogP contribution in [0.1, 0.15) is 64.1 Å². The number of aromatic hydroxyl groups is 1. The van der Waals surface area contributed by atoms with Crippen LogP contribution in [0.25, 0.3) is 0 Å². The fourth-order valence-corrected chi connectivity index (χ4v) is 2.48. The lowest BCUT2D eigenvalue weighted by atomic mass is 9.78. The molecule has 0 amide bonds. The van der Waals surface area contributed by atoms with Crippen molar-refractivity contribution >= 4 is 5.71 Å². The van der Waals surface area contributed by atoms with Crippen LogP contribution in [0.4, 0.5) is 0 Å². The van der Waals surface area contributed by atoms with Crippen molar-refractivity contribution in [1.29, 1.82) is 0 Å². The molecule has 1 aromatic heterocycles. The maximum absolute atomic E-state index is 10.7. The Labute approximate surface area is 136 Å². The standard InChI is InChI=1S/C18H24N2O3/c1-17(2,3)12-9-11(10-13(15(12)21)18(4,5)6)14(20-22)16-19-7-8-23-16/h7-10,21-22H,1-6H3. The van der Waals surface area contributed by atoms with E-state index in [1.165, 1.54) is 12.5 Å². The predicted molar refractivity (Wildman–Crippen MR) is 89.4 cm³/mol. The van der Waals surface area contributed by atoms with Crippen molar-refractivity contribution in [2.45, 2.75) is 52.4 Å². The summed E-state index contributed by atoms with van der Waals surface area (Å²) in [5.41, 5.74) is 1.93. The van der Waals surface area contributed by atoms with Crippen LogP contribution in [-0.2, 0) is 10.8 Å². The lowest BCUT2D eigenvalue weighted by Crippen LogP contribution is -2.19. The molecule has 5 heteroatoms. The summed E-state index contributed by atoms with van der Waals surface area (Å²) in [5.74, 6) is 0.511. The Balaban J connectivity index is 2.75. The number of aromatic nitrogens is 1. The number of rotatable bonds is 2. The van der Waals surface area contributed by atoms with E-state index in [0.29, 0.717) is 5.56 Å². The van der Waals surface area contributed by atoms with Gasteiger partial charge in [0, 0.05) is 16.7 Å². The lowest BCUT2D eigenvalue weighted by Gasteiger charge is -2.28. The molecule has 2 rings (SSSR count). The summed E-state index contributed by atoms with van der Waals surface area (Å²) in [6, 6.07) is 3.65. The zero-order chi connectivity index (χ0) is 17.4. The van der Waals surface area contributed by atoms with Crippen LogP contribution < -0.4 is 0 Å². The molecule has 0 aliphatic carbocycles. The molecular formula is C18H24N2O3. The number of phenols is 1. The van der Waals surface area contributed by atoms with Crippen molar-refractivity contribution < 1.29 is 14.7 Å². The Morgan fingerprint density at radius 1 is 1.04 bits per heavy atom. The van der Waals surface area contributed by atoms with Gasteiger partial charge in [0.15, 0.2) is 5.71 Å². The molecule has 0 atom stereocenters. The van der Waals surface area contributed by atoms with E-state index in [1.54, 1.807) is 0 Å². The first kappa shape index (κ1) is 17.1. The molecule has 0 saturated heterocycles. The zero-order valence-electron chi connectivity index (χ0n) is 14.5. The number of oxime groups is 1. The maximum atomic E-state index is 10.7. The molecule has 0 saturated carbocycles. The lowest BCUT2D eigenvalue weighted by molar-refractivity contribution is 0.318. The summed E-state index contributed by atoms with van der Waals surface area (Å²) < 4.78 is 5.26. The average molecular weight is 316 g/mol. The van der Waals surface area contributed by atoms with Crippen LogP contribution in [0.2, 0.25) is 0 Å². The molecule has 0 radical (unpaired) electrons. The quantitative estimate of drug-likeness (QED) is 0.494. The molecule has 5 nitrogen and oxygen atoms in total. The van der Waals surface area contributed by atoms with Gasteiger partial charge >= 0.3 is 0 Å². The molecular weight excluding hydrogens is 292 g/mol. The second-order valence-corrected chi connectivity index (χ2v) is 7.71. The fraction of sp³-hybridized carbons (Fsp3) is 0.444. The van der Waals surface area contributed by atoms with Crippen LogP contribution >= 0.6 is 0 Å². The van der Waals surface area contributed by atoms with Crippen molar-refractivity contribution in [3.05, 3.63) is 47.2 Å². The van der Waals surface area contributed by atoms with Gasteiger partial charge in [0.1, 0.15) is 12.0 Å². The molecule has 0 aliphatic heterocycles. The van der Waals surface area contributed by atoms with E-state index in [4.69, 9.17) is 4.42 Å². The fourth-order valence-electron chi connectivity index (χ4n) is 2.48. The van der Waals surface area contributed by atoms with Crippen molar-refractivity contribution in [2.24, 2.45) is 5.16 Å². The Kier molecular flexibility index (Phi) is 4.24. The molecule has 0 unspecified atom stereocenters. The number of hydrogen-bond donors (Lipinski definition) is 2. The topological polar surface area (TPSA) is 78.9 Å². The Hall–Kier alpha value is -2.30. The predicted octanol–water partition coefficient (Wildman–Crippen LogP) is 4.20. The van der Waals surface area contributed by atoms with E-state index in [1.807, 2.05) is 53.7 Å². The first-order valence-electron chi connectivity index (χ1n) is 7.56. The number of hydrogen-bond acceptors (Lipinski definition) is 5. The maximum Gasteiger partial charge on any atom is 0.249 e. The van der Waals surface area contributed by atoms with Gasteiger partial charge in [-0.1, -0.05) is 46.7 Å². The van der Waals surface area contributed by atoms with Crippen LogP contribution in [0.3, 0.4) is 0 Å². The van der Waals surface area contributed by atoms with E-state index in [2.05, 4.69) is 10.1 Å². The normalized spacial score (nSPS) is 13.4. The van der Waals surface area contributed by atoms with Gasteiger partial charge < -0.3 is 14.7 Å². The van der Waals surface area contributed by atoms with Gasteiger partial charge in [0.25, 0.3) is 0 Å². The highest BCUT2D eigenvalue weighted by Crippen LogP contribution is 2.40. The van der Waals surface area contributed by atoms with Gasteiger partial charge in [-0.15, -0.1) is 0 Å². The summed E-state index contributed by atoms with van der Waals surface area (Å²) in [4.78, 5) is 4.05. The Morgan fingerprint density at radius 2 is 1.57 bits per heavy atom. The third-order valence-corrected chi connectivity index (χ3v) is 3.73. The summed E-state index contributed by atoms with van der Waals surface area (Å²) in [6.45, 7) is 12.2. The molecule has 0 aliphatic rings. The molecule has 124 valence electrons. The second kappa shape index (κ2) is 5.72. The van der Waals surface area contributed by atoms with Gasteiger partial charge in [-0.3, -0.25) is 0 Å². The minimum atomic E-state index is -0.267. The monoisotopic (exact) mass is 316 g/mol. The van der Waals surface area contributed by atoms with Crippen molar-refractivity contribution in [2.75, 3.05) is 0 Å². The average Bonchev–Trinajstić information content (AvgIpc) is 2.92. The summed E-state index contributed by atoms with van der Waals surface area (Å²) in [7, 11) is 0.